The van der Waals surface area contributed by atoms with Gasteiger partial charge in [-0.1, -0.05) is 6.42 Å². The van der Waals surface area contributed by atoms with Gasteiger partial charge < -0.3 is 0 Å². The number of thioether (sulfide) groups is 1. The summed E-state index contributed by atoms with van der Waals surface area (Å²) in [6.07, 6.45) is 4.41. The second-order valence-electron chi connectivity index (χ2n) is 1.67. The fourth-order valence-electron chi connectivity index (χ4n) is 0.687. The molecule has 0 unspecified atom stereocenters. The van der Waals surface area contributed by atoms with Crippen LogP contribution in [0.1, 0.15) is 19.3 Å². The van der Waals surface area contributed by atoms with E-state index < -0.39 is 0 Å². The van der Waals surface area contributed by atoms with Crippen molar-refractivity contribution in [3.05, 3.63) is 0 Å². The van der Waals surface area contributed by atoms with E-state index in [1.54, 1.807) is 0 Å². The van der Waals surface area contributed by atoms with Crippen molar-refractivity contribution in [3.63, 3.8) is 0 Å². The zero-order valence-corrected chi connectivity index (χ0v) is 4.76. The third-order valence-electron chi connectivity index (χ3n) is 1.08. The van der Waals surface area contributed by atoms with Crippen molar-refractivity contribution in [1.29, 1.82) is 0 Å². The highest BCUT2D eigenvalue weighted by Crippen LogP contribution is 2.14. The Morgan fingerprint density at radius 1 is 0.833 bits per heavy atom. The minimum absolute atomic E-state index is 1.42. The van der Waals surface area contributed by atoms with Crippen molar-refractivity contribution in [2.75, 3.05) is 11.5 Å². The van der Waals surface area contributed by atoms with Gasteiger partial charge in [0.05, 0.1) is 0 Å². The van der Waals surface area contributed by atoms with Crippen LogP contribution >= 0.6 is 11.8 Å². The lowest BCUT2D eigenvalue weighted by Gasteiger charge is -2.05. The summed E-state index contributed by atoms with van der Waals surface area (Å²) < 4.78 is 0. The second-order valence-corrected chi connectivity index (χ2v) is 2.90. The Morgan fingerprint density at radius 3 is 1.67 bits per heavy atom. The van der Waals surface area contributed by atoms with Crippen LogP contribution in [-0.2, 0) is 0 Å². The predicted octanol–water partition coefficient (Wildman–Crippen LogP) is 1.90. The van der Waals surface area contributed by atoms with E-state index in [1.807, 2.05) is 0 Å². The molecule has 1 saturated heterocycles. The topological polar surface area (TPSA) is 0 Å². The minimum Gasteiger partial charge on any atom is -0.162 e. The molecule has 0 atom stereocenters. The first kappa shape index (κ1) is 4.51. The summed E-state index contributed by atoms with van der Waals surface area (Å²) in [4.78, 5) is 0. The van der Waals surface area contributed by atoms with Crippen LogP contribution < -0.4 is 0 Å². The van der Waals surface area contributed by atoms with Gasteiger partial charge in [-0.3, -0.25) is 0 Å². The van der Waals surface area contributed by atoms with Gasteiger partial charge in [0, 0.05) is 0 Å². The van der Waals surface area contributed by atoms with Crippen molar-refractivity contribution < 1.29 is 0 Å². The van der Waals surface area contributed by atoms with Crippen LogP contribution in [0.25, 0.3) is 0 Å². The third kappa shape index (κ3) is 1.21. The Hall–Kier alpha value is 0.350. The number of rotatable bonds is 0. The molecule has 0 radical (unpaired) electrons. The van der Waals surface area contributed by atoms with Crippen LogP contribution in [0, 0.1) is 0 Å². The van der Waals surface area contributed by atoms with Gasteiger partial charge in [-0.25, -0.2) is 0 Å². The molecule has 1 heterocycles. The molecule has 0 spiro atoms. The summed E-state index contributed by atoms with van der Waals surface area (Å²) in [6.45, 7) is 0. The maximum Gasteiger partial charge on any atom is -0.00675 e. The molecule has 1 rings (SSSR count). The molecule has 0 N–H and O–H groups in total. The van der Waals surface area contributed by atoms with Crippen LogP contribution in [0.2, 0.25) is 0 Å². The van der Waals surface area contributed by atoms with E-state index >= 15 is 0 Å². The van der Waals surface area contributed by atoms with E-state index in [0.29, 0.717) is 0 Å². The van der Waals surface area contributed by atoms with Gasteiger partial charge in [0.25, 0.3) is 0 Å². The second kappa shape index (κ2) is 2.51. The van der Waals surface area contributed by atoms with E-state index in [2.05, 4.69) is 11.8 Å². The maximum absolute atomic E-state index is 2.09. The molecule has 0 saturated carbocycles. The van der Waals surface area contributed by atoms with Gasteiger partial charge in [-0.15, -0.1) is 0 Å². The largest absolute Gasteiger partial charge is 0.162 e. The Balaban J connectivity index is 2.00. The molecule has 0 nitrogen and oxygen atoms in total. The first-order valence-electron chi connectivity index (χ1n) is 2.58. The number of hydrogen-bond acceptors (Lipinski definition) is 1. The van der Waals surface area contributed by atoms with E-state index in [-0.39, 0.29) is 0 Å². The van der Waals surface area contributed by atoms with Crippen LogP contribution in [0.15, 0.2) is 0 Å². The van der Waals surface area contributed by atoms with E-state index in [4.69, 9.17) is 0 Å². The molecule has 0 bridgehead atoms. The Morgan fingerprint density at radius 2 is 1.50 bits per heavy atom. The van der Waals surface area contributed by atoms with Crippen LogP contribution in [-0.4, -0.2) is 11.5 Å². The lowest BCUT2D eigenvalue weighted by Crippen LogP contribution is -1.91. The molecule has 0 aromatic heterocycles. The Kier molecular flexibility index (Phi) is 1.89. The van der Waals surface area contributed by atoms with Crippen molar-refractivity contribution in [1.82, 2.24) is 0 Å². The summed E-state index contributed by atoms with van der Waals surface area (Å²) >= 11 is 2.09. The molecule has 0 amide bonds. The summed E-state index contributed by atoms with van der Waals surface area (Å²) in [5.41, 5.74) is 0. The van der Waals surface area contributed by atoms with Crippen molar-refractivity contribution in [2.45, 2.75) is 19.3 Å². The normalized spacial score (nSPS) is 24.0. The fraction of sp³-hybridized carbons (Fsp3) is 1.00. The molecule has 1 aliphatic heterocycles. The van der Waals surface area contributed by atoms with Crippen molar-refractivity contribution >= 4 is 11.8 Å². The Bertz CT molecular complexity index is 19.4. The molecular weight excluding hydrogens is 93.1 g/mol. The van der Waals surface area contributed by atoms with Crippen LogP contribution in [0.4, 0.5) is 0 Å². The average molecular weight is 103 g/mol. The quantitative estimate of drug-likeness (QED) is 0.422. The standard InChI is InChI=1S/C5H10S/c1-2-4-6-5-3-1/h1-5H2/i1+1. The molecule has 0 aliphatic carbocycles. The smallest absolute Gasteiger partial charge is 0.00675 e. The highest BCUT2D eigenvalue weighted by molar-refractivity contribution is 7.99. The minimum atomic E-state index is 1.42. The summed E-state index contributed by atoms with van der Waals surface area (Å²) in [6, 6.07) is 0. The molecule has 6 heavy (non-hydrogen) atoms. The molecule has 1 aliphatic rings. The summed E-state index contributed by atoms with van der Waals surface area (Å²) in [7, 11) is 0. The van der Waals surface area contributed by atoms with Crippen molar-refractivity contribution in [3.8, 4) is 0 Å². The monoisotopic (exact) mass is 103 g/mol. The van der Waals surface area contributed by atoms with E-state index in [1.165, 1.54) is 30.8 Å². The van der Waals surface area contributed by atoms with Crippen molar-refractivity contribution in [2.24, 2.45) is 0 Å². The lowest BCUT2D eigenvalue weighted by molar-refractivity contribution is 0.764. The van der Waals surface area contributed by atoms with Crippen LogP contribution in [0.5, 0.6) is 0 Å². The molecule has 36 valence electrons. The van der Waals surface area contributed by atoms with Gasteiger partial charge in [-0.2, -0.15) is 11.8 Å². The third-order valence-corrected chi connectivity index (χ3v) is 2.23. The van der Waals surface area contributed by atoms with Gasteiger partial charge in [0.1, 0.15) is 0 Å². The van der Waals surface area contributed by atoms with E-state index in [0.717, 1.165) is 0 Å². The highest BCUT2D eigenvalue weighted by atomic mass is 32.2. The van der Waals surface area contributed by atoms with Gasteiger partial charge >= 0.3 is 0 Å². The Labute approximate surface area is 43.3 Å². The molecular formula is C5H10S. The van der Waals surface area contributed by atoms with Crippen LogP contribution in [0.3, 0.4) is 0 Å². The summed E-state index contributed by atoms with van der Waals surface area (Å²) in [5, 5.41) is 0. The maximum atomic E-state index is 2.09. The molecule has 1 heteroatoms. The molecule has 0 aromatic carbocycles. The number of hydrogen-bond donors (Lipinski definition) is 0. The fourth-order valence-corrected chi connectivity index (χ4v) is 1.71. The average Bonchev–Trinajstić information content (AvgIpc) is 1.72. The first-order chi connectivity index (χ1) is 3.00. The molecule has 0 aromatic rings. The highest BCUT2D eigenvalue weighted by Gasteiger charge is 1.95. The summed E-state index contributed by atoms with van der Waals surface area (Å²) in [5.74, 6) is 2.83. The lowest BCUT2D eigenvalue weighted by atomic mass is 10.5. The van der Waals surface area contributed by atoms with E-state index in [9.17, 15) is 0 Å². The first-order valence-corrected chi connectivity index (χ1v) is 3.73. The predicted molar refractivity (Wildman–Crippen MR) is 31.2 cm³/mol. The van der Waals surface area contributed by atoms with Gasteiger partial charge in [-0.05, 0) is 24.3 Å². The zero-order chi connectivity index (χ0) is 4.24. The van der Waals surface area contributed by atoms with Gasteiger partial charge in [0.15, 0.2) is 0 Å². The van der Waals surface area contributed by atoms with Gasteiger partial charge in [0.2, 0.25) is 0 Å². The SMILES string of the molecule is C1CSCC[13CH2]1. The zero-order valence-electron chi connectivity index (χ0n) is 3.94. The molecule has 1 fully saturated rings.